The number of carbonyl (C=O) groups is 2. The first-order chi connectivity index (χ1) is 14.1. The summed E-state index contributed by atoms with van der Waals surface area (Å²) in [4.78, 5) is 23.7. The first-order valence-electron chi connectivity index (χ1n) is 11.6. The van der Waals surface area contributed by atoms with E-state index in [2.05, 4.69) is 52.4 Å². The minimum absolute atomic E-state index is 0.370. The van der Waals surface area contributed by atoms with Crippen molar-refractivity contribution in [1.82, 2.24) is 0 Å². The number of aliphatic hydroxyl groups excluding tert-OH is 1. The van der Waals surface area contributed by atoms with Gasteiger partial charge in [0.15, 0.2) is 28.5 Å². The quantitative estimate of drug-likeness (QED) is 0.184. The number of hydrogen-bond donors (Lipinski definition) is 2. The molecule has 1 fully saturated rings. The molecule has 6 nitrogen and oxygen atoms in total. The Morgan fingerprint density at radius 2 is 1.65 bits per heavy atom. The van der Waals surface area contributed by atoms with Gasteiger partial charge in [0.2, 0.25) is 0 Å². The number of rotatable bonds is 12. The van der Waals surface area contributed by atoms with Crippen molar-refractivity contribution in [1.29, 1.82) is 0 Å². The molecule has 9 heteroatoms. The molecule has 1 aliphatic rings. The summed E-state index contributed by atoms with van der Waals surface area (Å²) in [5, 5.41) is 10.3. The molecule has 180 valence electrons. The SMILES string of the molecule is C=CC(=O)C(N)C(=O)OC1CC(CC[Si](C)(C)O[Si](C)(C)CC[Si](C)(C)C)CCC1O. The molecule has 1 saturated carbocycles. The predicted octanol–water partition coefficient (Wildman–Crippen LogP) is 4.30. The number of nitrogens with two attached hydrogens (primary N) is 1. The summed E-state index contributed by atoms with van der Waals surface area (Å²) in [5.74, 6) is -0.991. The van der Waals surface area contributed by atoms with Gasteiger partial charge in [0.1, 0.15) is 6.10 Å². The first kappa shape index (κ1) is 28.4. The largest absolute Gasteiger partial charge is 0.458 e. The Bertz CT molecular complexity index is 633. The van der Waals surface area contributed by atoms with Crippen LogP contribution >= 0.6 is 0 Å². The van der Waals surface area contributed by atoms with E-state index in [4.69, 9.17) is 14.6 Å². The van der Waals surface area contributed by atoms with Crippen LogP contribution in [0.15, 0.2) is 12.7 Å². The van der Waals surface area contributed by atoms with Gasteiger partial charge in [0.05, 0.1) is 6.10 Å². The van der Waals surface area contributed by atoms with Crippen LogP contribution in [0.1, 0.15) is 25.7 Å². The van der Waals surface area contributed by atoms with Crippen LogP contribution in [0.2, 0.25) is 64.0 Å². The molecule has 4 unspecified atom stereocenters. The van der Waals surface area contributed by atoms with Crippen LogP contribution in [0.5, 0.6) is 0 Å². The van der Waals surface area contributed by atoms with Crippen molar-refractivity contribution in [3.8, 4) is 0 Å². The number of hydrogen-bond acceptors (Lipinski definition) is 6. The number of carbonyl (C=O) groups excluding carboxylic acids is 2. The highest BCUT2D eigenvalue weighted by atomic mass is 28.4. The predicted molar refractivity (Wildman–Crippen MR) is 135 cm³/mol. The minimum atomic E-state index is -1.80. The fourth-order valence-corrected chi connectivity index (χ4v) is 17.4. The van der Waals surface area contributed by atoms with Crippen molar-refractivity contribution in [3.63, 3.8) is 0 Å². The van der Waals surface area contributed by atoms with Crippen LogP contribution in [-0.4, -0.2) is 59.8 Å². The average Bonchev–Trinajstić information content (AvgIpc) is 2.64. The molecule has 3 N–H and O–H groups in total. The van der Waals surface area contributed by atoms with Gasteiger partial charge in [-0.2, -0.15) is 0 Å². The van der Waals surface area contributed by atoms with Crippen molar-refractivity contribution in [2.45, 2.75) is 108 Å². The Hall–Kier alpha value is -0.589. The molecule has 0 saturated heterocycles. The molecule has 0 aromatic carbocycles. The fourth-order valence-electron chi connectivity index (χ4n) is 4.13. The summed E-state index contributed by atoms with van der Waals surface area (Å²) in [7, 11) is -4.54. The van der Waals surface area contributed by atoms with Crippen molar-refractivity contribution in [3.05, 3.63) is 12.7 Å². The second-order valence-corrected chi connectivity index (χ2v) is 26.0. The Kier molecular flexibility index (Phi) is 10.6. The van der Waals surface area contributed by atoms with Crippen LogP contribution < -0.4 is 5.73 Å². The summed E-state index contributed by atoms with van der Waals surface area (Å²) in [6, 6.07) is 2.25. The molecule has 0 aromatic heterocycles. The molecule has 0 bridgehead atoms. The van der Waals surface area contributed by atoms with Crippen molar-refractivity contribution in [2.75, 3.05) is 0 Å². The van der Waals surface area contributed by atoms with Gasteiger partial charge in [0, 0.05) is 8.07 Å². The van der Waals surface area contributed by atoms with E-state index in [1.807, 2.05) is 0 Å². The van der Waals surface area contributed by atoms with E-state index in [0.717, 1.165) is 25.0 Å². The molecule has 1 aliphatic carbocycles. The van der Waals surface area contributed by atoms with E-state index in [9.17, 15) is 14.7 Å². The summed E-state index contributed by atoms with van der Waals surface area (Å²) >= 11 is 0. The highest BCUT2D eigenvalue weighted by Gasteiger charge is 2.37. The molecule has 0 amide bonds. The molecule has 4 atom stereocenters. The van der Waals surface area contributed by atoms with Gasteiger partial charge < -0.3 is 19.7 Å². The van der Waals surface area contributed by atoms with Crippen LogP contribution in [0.4, 0.5) is 0 Å². The molecule has 0 aromatic rings. The first-order valence-corrected chi connectivity index (χ1v) is 21.5. The van der Waals surface area contributed by atoms with Crippen LogP contribution in [-0.2, 0) is 18.4 Å². The highest BCUT2D eigenvalue weighted by Crippen LogP contribution is 2.34. The van der Waals surface area contributed by atoms with E-state index < -0.39 is 54.7 Å². The van der Waals surface area contributed by atoms with Gasteiger partial charge in [-0.25, -0.2) is 4.79 Å². The maximum absolute atomic E-state index is 12.1. The third-order valence-corrected chi connectivity index (χ3v) is 15.7. The topological polar surface area (TPSA) is 98.9 Å². The van der Waals surface area contributed by atoms with Gasteiger partial charge >= 0.3 is 5.97 Å². The van der Waals surface area contributed by atoms with Crippen molar-refractivity contribution < 1.29 is 23.5 Å². The maximum Gasteiger partial charge on any atom is 0.331 e. The lowest BCUT2D eigenvalue weighted by Crippen LogP contribution is -2.46. The second-order valence-electron chi connectivity index (χ2n) is 11.5. The molecule has 1 rings (SSSR count). The minimum Gasteiger partial charge on any atom is -0.458 e. The Labute approximate surface area is 192 Å². The van der Waals surface area contributed by atoms with Gasteiger partial charge in [-0.05, 0) is 69.5 Å². The summed E-state index contributed by atoms with van der Waals surface area (Å²) in [5.41, 5.74) is 5.61. The standard InChI is InChI=1S/C22H45NO5Si3/c1-9-18(24)21(23)22(26)27-20-16-17(10-11-19(20)25)12-13-30(5,6)28-31(7,8)15-14-29(2,3)4/h9,17,19-21,25H,1,10-16,23H2,2-8H3. The normalized spacial score (nSPS) is 23.8. The van der Waals surface area contributed by atoms with Gasteiger partial charge in [-0.15, -0.1) is 0 Å². The molecule has 0 radical (unpaired) electrons. The van der Waals surface area contributed by atoms with E-state index in [1.165, 1.54) is 12.1 Å². The second kappa shape index (κ2) is 11.5. The van der Waals surface area contributed by atoms with Crippen LogP contribution in [0.3, 0.4) is 0 Å². The third kappa shape index (κ3) is 10.7. The number of ketones is 1. The lowest BCUT2D eigenvalue weighted by molar-refractivity contribution is -0.161. The van der Waals surface area contributed by atoms with Crippen LogP contribution in [0.25, 0.3) is 0 Å². The zero-order valence-corrected chi connectivity index (χ0v) is 23.7. The van der Waals surface area contributed by atoms with E-state index in [0.29, 0.717) is 18.8 Å². The molecule has 0 aliphatic heterocycles. The zero-order valence-electron chi connectivity index (χ0n) is 20.7. The number of esters is 1. The zero-order chi connectivity index (χ0) is 24.0. The van der Waals surface area contributed by atoms with Crippen LogP contribution in [0, 0.1) is 5.92 Å². The molecule has 31 heavy (non-hydrogen) atoms. The summed E-state index contributed by atoms with van der Waals surface area (Å²) in [6.45, 7) is 19.9. The molecule has 0 heterocycles. The van der Waals surface area contributed by atoms with Gasteiger partial charge in [-0.1, -0.05) is 38.7 Å². The van der Waals surface area contributed by atoms with E-state index in [-0.39, 0.29) is 0 Å². The van der Waals surface area contributed by atoms with Crippen molar-refractivity contribution >= 4 is 36.5 Å². The Balaban J connectivity index is 2.59. The third-order valence-electron chi connectivity index (χ3n) is 6.08. The van der Waals surface area contributed by atoms with E-state index in [1.54, 1.807) is 0 Å². The maximum atomic E-state index is 12.1. The monoisotopic (exact) mass is 487 g/mol. The smallest absolute Gasteiger partial charge is 0.331 e. The fraction of sp³-hybridized carbons (Fsp3) is 0.818. The average molecular weight is 488 g/mol. The number of aliphatic hydroxyl groups is 1. The van der Waals surface area contributed by atoms with Crippen molar-refractivity contribution in [2.24, 2.45) is 11.7 Å². The molecular weight excluding hydrogens is 443 g/mol. The number of ether oxygens (including phenoxy) is 1. The lowest BCUT2D eigenvalue weighted by atomic mass is 9.84. The van der Waals surface area contributed by atoms with E-state index >= 15 is 0 Å². The Morgan fingerprint density at radius 1 is 1.06 bits per heavy atom. The highest BCUT2D eigenvalue weighted by molar-refractivity contribution is 6.86. The summed E-state index contributed by atoms with van der Waals surface area (Å²) in [6.07, 6.45) is 2.82. The molecule has 0 spiro atoms. The Morgan fingerprint density at radius 3 is 2.19 bits per heavy atom. The summed E-state index contributed by atoms with van der Waals surface area (Å²) < 4.78 is 12.2. The van der Waals surface area contributed by atoms with Gasteiger partial charge in [0.25, 0.3) is 0 Å². The van der Waals surface area contributed by atoms with Gasteiger partial charge in [-0.3, -0.25) is 4.79 Å². The molecular formula is C22H45NO5Si3. The lowest BCUT2D eigenvalue weighted by Gasteiger charge is -2.37.